The Hall–Kier alpha value is -2.30. The maximum absolute atomic E-state index is 12.6. The van der Waals surface area contributed by atoms with Crippen LogP contribution in [-0.2, 0) is 16.1 Å². The molecule has 26 heavy (non-hydrogen) atoms. The number of hydrogen-bond acceptors (Lipinski definition) is 3. The van der Waals surface area contributed by atoms with Gasteiger partial charge in [0.15, 0.2) is 0 Å². The highest BCUT2D eigenvalue weighted by Crippen LogP contribution is 2.45. The Bertz CT molecular complexity index is 712. The molecule has 1 aromatic carbocycles. The van der Waals surface area contributed by atoms with Crippen molar-refractivity contribution < 1.29 is 14.3 Å². The molecule has 1 aliphatic heterocycles. The van der Waals surface area contributed by atoms with Crippen LogP contribution in [0.5, 0.6) is 5.75 Å². The Labute approximate surface area is 154 Å². The number of methoxy groups -OCH3 is 1. The van der Waals surface area contributed by atoms with Crippen LogP contribution in [0.1, 0.15) is 24.8 Å². The van der Waals surface area contributed by atoms with E-state index in [2.05, 4.69) is 12.2 Å². The lowest BCUT2D eigenvalue weighted by Gasteiger charge is -2.35. The van der Waals surface area contributed by atoms with Crippen molar-refractivity contribution in [3.8, 4) is 5.75 Å². The monoisotopic (exact) mass is 354 g/mol. The van der Waals surface area contributed by atoms with Gasteiger partial charge in [0.1, 0.15) is 5.75 Å². The Morgan fingerprint density at radius 2 is 1.96 bits per heavy atom. The van der Waals surface area contributed by atoms with Gasteiger partial charge in [0.25, 0.3) is 0 Å². The Morgan fingerprint density at radius 1 is 1.15 bits per heavy atom. The fourth-order valence-corrected chi connectivity index (χ4v) is 4.52. The van der Waals surface area contributed by atoms with Crippen molar-refractivity contribution in [2.45, 2.75) is 25.8 Å². The number of piperazine rings is 1. The normalized spacial score (nSPS) is 27.3. The van der Waals surface area contributed by atoms with Gasteiger partial charge >= 0.3 is 0 Å². The quantitative estimate of drug-likeness (QED) is 0.763. The second-order valence-corrected chi connectivity index (χ2v) is 7.72. The molecule has 0 N–H and O–H groups in total. The minimum Gasteiger partial charge on any atom is -0.497 e. The van der Waals surface area contributed by atoms with Crippen molar-refractivity contribution in [3.63, 3.8) is 0 Å². The maximum atomic E-state index is 12.6. The maximum Gasteiger partial charge on any atom is 0.242 e. The Balaban J connectivity index is 1.29. The summed E-state index contributed by atoms with van der Waals surface area (Å²) in [6, 6.07) is 7.77. The number of allylic oxidation sites excluding steroid dienone is 2. The zero-order chi connectivity index (χ0) is 18.1. The number of rotatable bonds is 5. The van der Waals surface area contributed by atoms with E-state index < -0.39 is 0 Å². The number of carbonyl (C=O) groups is 2. The van der Waals surface area contributed by atoms with Gasteiger partial charge in [0, 0.05) is 26.1 Å². The van der Waals surface area contributed by atoms with Crippen molar-refractivity contribution in [2.24, 2.45) is 17.8 Å². The molecule has 3 atom stereocenters. The average Bonchev–Trinajstić information content (AvgIpc) is 3.27. The molecule has 3 aliphatic rings. The van der Waals surface area contributed by atoms with Gasteiger partial charge in [-0.25, -0.2) is 0 Å². The highest BCUT2D eigenvalue weighted by molar-refractivity contribution is 5.86. The molecule has 2 fully saturated rings. The molecule has 0 spiro atoms. The second-order valence-electron chi connectivity index (χ2n) is 7.72. The number of benzene rings is 1. The lowest BCUT2D eigenvalue weighted by Crippen LogP contribution is -2.52. The van der Waals surface area contributed by atoms with Gasteiger partial charge in [-0.2, -0.15) is 0 Å². The van der Waals surface area contributed by atoms with E-state index in [9.17, 15) is 9.59 Å². The molecule has 4 rings (SSSR count). The largest absolute Gasteiger partial charge is 0.497 e. The molecule has 5 heteroatoms. The average molecular weight is 354 g/mol. The van der Waals surface area contributed by atoms with E-state index in [-0.39, 0.29) is 18.4 Å². The predicted molar refractivity (Wildman–Crippen MR) is 98.5 cm³/mol. The molecule has 0 unspecified atom stereocenters. The number of nitrogens with zero attached hydrogens (tertiary/aromatic N) is 2. The molecular formula is C21H26N2O3. The first-order chi connectivity index (χ1) is 12.6. The predicted octanol–water partition coefficient (Wildman–Crippen LogP) is 2.47. The molecule has 2 bridgehead atoms. The van der Waals surface area contributed by atoms with Gasteiger partial charge in [-0.1, -0.05) is 24.3 Å². The fourth-order valence-electron chi connectivity index (χ4n) is 4.52. The summed E-state index contributed by atoms with van der Waals surface area (Å²) in [5.74, 6) is 2.73. The van der Waals surface area contributed by atoms with Crippen LogP contribution >= 0.6 is 0 Å². The summed E-state index contributed by atoms with van der Waals surface area (Å²) < 4.78 is 5.16. The van der Waals surface area contributed by atoms with Crippen LogP contribution in [0.2, 0.25) is 0 Å². The first-order valence-corrected chi connectivity index (χ1v) is 9.49. The van der Waals surface area contributed by atoms with E-state index in [1.165, 1.54) is 6.42 Å². The van der Waals surface area contributed by atoms with E-state index in [0.29, 0.717) is 43.8 Å². The van der Waals surface area contributed by atoms with Crippen molar-refractivity contribution >= 4 is 11.8 Å². The van der Waals surface area contributed by atoms with Gasteiger partial charge in [-0.15, -0.1) is 0 Å². The Kier molecular flexibility index (Phi) is 4.70. The minimum atomic E-state index is 0.0354. The van der Waals surface area contributed by atoms with Crippen LogP contribution in [0.3, 0.4) is 0 Å². The number of hydrogen-bond donors (Lipinski definition) is 0. The second kappa shape index (κ2) is 7.14. The molecule has 138 valence electrons. The molecule has 0 radical (unpaired) electrons. The van der Waals surface area contributed by atoms with Crippen LogP contribution in [0.25, 0.3) is 0 Å². The van der Waals surface area contributed by atoms with Gasteiger partial charge < -0.3 is 14.5 Å². The molecule has 2 aliphatic carbocycles. The van der Waals surface area contributed by atoms with Gasteiger partial charge in [0.05, 0.1) is 13.7 Å². The van der Waals surface area contributed by atoms with E-state index >= 15 is 0 Å². The molecule has 1 aromatic rings. The lowest BCUT2D eigenvalue weighted by molar-refractivity contribution is -0.146. The first-order valence-electron chi connectivity index (χ1n) is 9.49. The summed E-state index contributed by atoms with van der Waals surface area (Å²) in [4.78, 5) is 28.7. The summed E-state index contributed by atoms with van der Waals surface area (Å²) in [7, 11) is 1.64. The number of ether oxygens (including phenoxy) is 1. The van der Waals surface area contributed by atoms with Crippen LogP contribution < -0.4 is 4.74 Å². The van der Waals surface area contributed by atoms with Gasteiger partial charge in [0.2, 0.25) is 11.8 Å². The molecule has 0 aromatic heterocycles. The van der Waals surface area contributed by atoms with Crippen molar-refractivity contribution in [3.05, 3.63) is 42.0 Å². The van der Waals surface area contributed by atoms with Crippen molar-refractivity contribution in [2.75, 3.05) is 26.7 Å². The summed E-state index contributed by atoms with van der Waals surface area (Å²) in [5.41, 5.74) is 1.08. The number of fused-ring (bicyclic) bond motifs is 2. The van der Waals surface area contributed by atoms with Gasteiger partial charge in [-0.3, -0.25) is 9.59 Å². The van der Waals surface area contributed by atoms with E-state index in [1.54, 1.807) is 12.0 Å². The Morgan fingerprint density at radius 3 is 2.58 bits per heavy atom. The standard InChI is InChI=1S/C21H26N2O3/c1-26-19-6-3-15(4-7-19)13-22-8-9-23(14-21(22)25)20(24)12-18-11-16-2-5-17(18)10-16/h2-7,16-18H,8-14H2,1H3/t16-,17+,18+/m1/s1. The zero-order valence-corrected chi connectivity index (χ0v) is 15.3. The van der Waals surface area contributed by atoms with Crippen molar-refractivity contribution in [1.82, 2.24) is 9.80 Å². The topological polar surface area (TPSA) is 49.9 Å². The van der Waals surface area contributed by atoms with E-state index in [1.807, 2.05) is 29.2 Å². The van der Waals surface area contributed by atoms with Crippen LogP contribution in [0.4, 0.5) is 0 Å². The van der Waals surface area contributed by atoms with Crippen molar-refractivity contribution in [1.29, 1.82) is 0 Å². The zero-order valence-electron chi connectivity index (χ0n) is 15.3. The molecule has 1 heterocycles. The summed E-state index contributed by atoms with van der Waals surface area (Å²) >= 11 is 0. The third-order valence-corrected chi connectivity index (χ3v) is 6.06. The highest BCUT2D eigenvalue weighted by Gasteiger charge is 2.38. The van der Waals surface area contributed by atoms with Crippen LogP contribution in [0, 0.1) is 17.8 Å². The van der Waals surface area contributed by atoms with Gasteiger partial charge in [-0.05, 0) is 48.3 Å². The summed E-state index contributed by atoms with van der Waals surface area (Å²) in [6.45, 7) is 2.04. The smallest absolute Gasteiger partial charge is 0.242 e. The minimum absolute atomic E-state index is 0.0354. The van der Waals surface area contributed by atoms with E-state index in [4.69, 9.17) is 4.74 Å². The third-order valence-electron chi connectivity index (χ3n) is 6.06. The summed E-state index contributed by atoms with van der Waals surface area (Å²) in [6.07, 6.45) is 7.53. The fraction of sp³-hybridized carbons (Fsp3) is 0.524. The molecule has 5 nitrogen and oxygen atoms in total. The summed E-state index contributed by atoms with van der Waals surface area (Å²) in [5, 5.41) is 0. The SMILES string of the molecule is COc1ccc(CN2CCN(C(=O)C[C@@H]3C[C@@H]4C=C[C@H]3C4)CC2=O)cc1. The number of amides is 2. The molecule has 1 saturated carbocycles. The number of carbonyl (C=O) groups excluding carboxylic acids is 2. The highest BCUT2D eigenvalue weighted by atomic mass is 16.5. The molecular weight excluding hydrogens is 328 g/mol. The third kappa shape index (κ3) is 3.48. The first kappa shape index (κ1) is 17.1. The van der Waals surface area contributed by atoms with Crippen LogP contribution in [-0.4, -0.2) is 48.4 Å². The van der Waals surface area contributed by atoms with E-state index in [0.717, 1.165) is 17.7 Å². The molecule has 2 amide bonds. The van der Waals surface area contributed by atoms with Crippen LogP contribution in [0.15, 0.2) is 36.4 Å². The molecule has 1 saturated heterocycles. The lowest BCUT2D eigenvalue weighted by atomic mass is 9.90.